The molecule has 0 amide bonds. The summed E-state index contributed by atoms with van der Waals surface area (Å²) in [7, 11) is 1.84. The van der Waals surface area contributed by atoms with E-state index in [9.17, 15) is 0 Å². The maximum Gasteiger partial charge on any atom is 0.0618 e. The topological polar surface area (TPSA) is 28.6 Å². The quantitative estimate of drug-likeness (QED) is 0.830. The Kier molecular flexibility index (Phi) is 4.88. The Bertz CT molecular complexity index is 523. The zero-order valence-electron chi connectivity index (χ0n) is 15.0. The van der Waals surface area contributed by atoms with Crippen LogP contribution < -0.4 is 0 Å². The molecular weight excluding hydrogens is 298 g/mol. The van der Waals surface area contributed by atoms with Crippen molar-refractivity contribution in [2.24, 2.45) is 5.41 Å². The van der Waals surface area contributed by atoms with Crippen LogP contribution in [0.15, 0.2) is 24.5 Å². The molecule has 2 aliphatic heterocycles. The smallest absolute Gasteiger partial charge is 0.0618 e. The van der Waals surface area contributed by atoms with E-state index in [1.54, 1.807) is 0 Å². The standard InChI is InChI=1S/C20H31N3O/c1-24-15-19-13-20(7-11-22(12-8-20)18-3-2-4-18)16-23(19)14-17-5-9-21-10-6-17/h5-6,9-10,18-19H,2-4,7-8,11-16H2,1H3/t19-/m0/s1. The van der Waals surface area contributed by atoms with Gasteiger partial charge in [-0.2, -0.15) is 0 Å². The average molecular weight is 329 g/mol. The van der Waals surface area contributed by atoms with Crippen molar-refractivity contribution in [2.75, 3.05) is 33.4 Å². The number of aromatic nitrogens is 1. The molecule has 3 aliphatic rings. The zero-order chi connectivity index (χ0) is 16.4. The first kappa shape index (κ1) is 16.5. The van der Waals surface area contributed by atoms with E-state index in [2.05, 4.69) is 26.9 Å². The maximum absolute atomic E-state index is 5.55. The van der Waals surface area contributed by atoms with Gasteiger partial charge in [-0.25, -0.2) is 0 Å². The molecule has 3 fully saturated rings. The second kappa shape index (κ2) is 7.11. The van der Waals surface area contributed by atoms with Gasteiger partial charge >= 0.3 is 0 Å². The number of pyridine rings is 1. The molecule has 4 rings (SSSR count). The molecule has 24 heavy (non-hydrogen) atoms. The van der Waals surface area contributed by atoms with Crippen LogP contribution in [0.2, 0.25) is 0 Å². The van der Waals surface area contributed by atoms with Gasteiger partial charge in [0.15, 0.2) is 0 Å². The molecule has 0 bridgehead atoms. The van der Waals surface area contributed by atoms with Crippen LogP contribution in [0.3, 0.4) is 0 Å². The summed E-state index contributed by atoms with van der Waals surface area (Å²) in [5, 5.41) is 0. The SMILES string of the molecule is COC[C@@H]1CC2(CCN(C3CCC3)CC2)CN1Cc1ccncc1. The lowest BCUT2D eigenvalue weighted by Crippen LogP contribution is -2.48. The molecule has 4 heteroatoms. The summed E-state index contributed by atoms with van der Waals surface area (Å²) in [5.74, 6) is 0. The van der Waals surface area contributed by atoms with Crippen molar-refractivity contribution in [1.82, 2.24) is 14.8 Å². The first-order valence-electron chi connectivity index (χ1n) is 9.64. The van der Waals surface area contributed by atoms with Crippen molar-refractivity contribution in [3.8, 4) is 0 Å². The van der Waals surface area contributed by atoms with Crippen molar-refractivity contribution in [1.29, 1.82) is 0 Å². The van der Waals surface area contributed by atoms with Crippen molar-refractivity contribution < 1.29 is 4.74 Å². The molecule has 1 aromatic rings. The van der Waals surface area contributed by atoms with Crippen molar-refractivity contribution in [2.45, 2.75) is 57.2 Å². The predicted octanol–water partition coefficient (Wildman–Crippen LogP) is 2.94. The second-order valence-electron chi connectivity index (χ2n) is 8.19. The van der Waals surface area contributed by atoms with Crippen molar-refractivity contribution in [3.63, 3.8) is 0 Å². The Morgan fingerprint density at radius 1 is 1.21 bits per heavy atom. The molecule has 1 aliphatic carbocycles. The van der Waals surface area contributed by atoms with Crippen LogP contribution in [0, 0.1) is 5.41 Å². The third-order valence-electron chi connectivity index (χ3n) is 6.67. The molecule has 1 atom stereocenters. The molecule has 0 N–H and O–H groups in total. The van der Waals surface area contributed by atoms with Crippen LogP contribution in [0.4, 0.5) is 0 Å². The van der Waals surface area contributed by atoms with E-state index >= 15 is 0 Å². The Morgan fingerprint density at radius 2 is 1.96 bits per heavy atom. The first-order chi connectivity index (χ1) is 11.8. The lowest BCUT2D eigenvalue weighted by Gasteiger charge is -2.45. The van der Waals surface area contributed by atoms with Crippen LogP contribution in [-0.4, -0.2) is 60.2 Å². The zero-order valence-corrected chi connectivity index (χ0v) is 15.0. The van der Waals surface area contributed by atoms with E-state index in [0.717, 1.165) is 19.2 Å². The van der Waals surface area contributed by atoms with Gasteiger partial charge in [0.2, 0.25) is 0 Å². The van der Waals surface area contributed by atoms with Crippen LogP contribution in [0.5, 0.6) is 0 Å². The van der Waals surface area contributed by atoms with Gasteiger partial charge in [-0.15, -0.1) is 0 Å². The van der Waals surface area contributed by atoms with Gasteiger partial charge in [0.25, 0.3) is 0 Å². The van der Waals surface area contributed by atoms with E-state index in [4.69, 9.17) is 4.74 Å². The van der Waals surface area contributed by atoms with E-state index in [1.165, 1.54) is 63.7 Å². The van der Waals surface area contributed by atoms with E-state index < -0.39 is 0 Å². The van der Waals surface area contributed by atoms with Gasteiger partial charge in [0.05, 0.1) is 6.61 Å². The Morgan fingerprint density at radius 3 is 2.58 bits per heavy atom. The summed E-state index contributed by atoms with van der Waals surface area (Å²) >= 11 is 0. The number of methoxy groups -OCH3 is 1. The van der Waals surface area contributed by atoms with E-state index in [-0.39, 0.29) is 0 Å². The largest absolute Gasteiger partial charge is 0.383 e. The number of hydrogen-bond acceptors (Lipinski definition) is 4. The van der Waals surface area contributed by atoms with Gasteiger partial charge in [-0.3, -0.25) is 9.88 Å². The molecule has 2 saturated heterocycles. The fourth-order valence-electron chi connectivity index (χ4n) is 5.00. The molecule has 3 heterocycles. The molecule has 1 aromatic heterocycles. The number of likely N-dealkylation sites (tertiary alicyclic amines) is 2. The molecule has 132 valence electrons. The third kappa shape index (κ3) is 3.37. The highest BCUT2D eigenvalue weighted by Gasteiger charge is 2.46. The maximum atomic E-state index is 5.55. The number of ether oxygens (including phenoxy) is 1. The highest BCUT2D eigenvalue weighted by Crippen LogP contribution is 2.45. The fraction of sp³-hybridized carbons (Fsp3) is 0.750. The van der Waals surface area contributed by atoms with Gasteiger partial charge in [0, 0.05) is 44.7 Å². The summed E-state index contributed by atoms with van der Waals surface area (Å²) in [4.78, 5) is 9.58. The van der Waals surface area contributed by atoms with Crippen molar-refractivity contribution in [3.05, 3.63) is 30.1 Å². The monoisotopic (exact) mass is 329 g/mol. The van der Waals surface area contributed by atoms with Gasteiger partial charge in [-0.1, -0.05) is 6.42 Å². The molecule has 0 unspecified atom stereocenters. The van der Waals surface area contributed by atoms with E-state index in [1.807, 2.05) is 19.5 Å². The number of rotatable bonds is 5. The summed E-state index contributed by atoms with van der Waals surface area (Å²) in [5.41, 5.74) is 1.89. The summed E-state index contributed by atoms with van der Waals surface area (Å²) in [6, 6.07) is 5.77. The number of piperidine rings is 1. The van der Waals surface area contributed by atoms with Crippen molar-refractivity contribution >= 4 is 0 Å². The Labute approximate surface area is 146 Å². The Balaban J connectivity index is 1.40. The lowest BCUT2D eigenvalue weighted by molar-refractivity contribution is 0.0462. The van der Waals surface area contributed by atoms with Gasteiger partial charge < -0.3 is 9.64 Å². The molecule has 4 nitrogen and oxygen atoms in total. The third-order valence-corrected chi connectivity index (χ3v) is 6.67. The van der Waals surface area contributed by atoms with Crippen LogP contribution >= 0.6 is 0 Å². The van der Waals surface area contributed by atoms with Gasteiger partial charge in [-0.05, 0) is 68.3 Å². The normalized spacial score (nSPS) is 28.3. The summed E-state index contributed by atoms with van der Waals surface area (Å²) in [6.07, 6.45) is 12.2. The molecular formula is C20H31N3O. The minimum Gasteiger partial charge on any atom is -0.383 e. The fourth-order valence-corrected chi connectivity index (χ4v) is 5.00. The summed E-state index contributed by atoms with van der Waals surface area (Å²) in [6.45, 7) is 5.76. The molecule has 0 aromatic carbocycles. The predicted molar refractivity (Wildman–Crippen MR) is 95.8 cm³/mol. The van der Waals surface area contributed by atoms with Crippen LogP contribution in [0.1, 0.15) is 44.1 Å². The molecule has 1 saturated carbocycles. The molecule has 0 radical (unpaired) electrons. The Hall–Kier alpha value is -0.970. The summed E-state index contributed by atoms with van der Waals surface area (Å²) < 4.78 is 5.55. The minimum absolute atomic E-state index is 0.524. The van der Waals surface area contributed by atoms with E-state index in [0.29, 0.717) is 11.5 Å². The van der Waals surface area contributed by atoms with Crippen LogP contribution in [-0.2, 0) is 11.3 Å². The number of nitrogens with zero attached hydrogens (tertiary/aromatic N) is 3. The highest BCUT2D eigenvalue weighted by molar-refractivity contribution is 5.11. The highest BCUT2D eigenvalue weighted by atomic mass is 16.5. The second-order valence-corrected chi connectivity index (χ2v) is 8.19. The average Bonchev–Trinajstić information content (AvgIpc) is 2.87. The minimum atomic E-state index is 0.524. The lowest BCUT2D eigenvalue weighted by atomic mass is 9.75. The molecule has 1 spiro atoms. The van der Waals surface area contributed by atoms with Gasteiger partial charge in [0.1, 0.15) is 0 Å². The first-order valence-corrected chi connectivity index (χ1v) is 9.64. The van der Waals surface area contributed by atoms with Crippen LogP contribution in [0.25, 0.3) is 0 Å². The number of hydrogen-bond donors (Lipinski definition) is 0.